The second kappa shape index (κ2) is 12.2. The van der Waals surface area contributed by atoms with E-state index in [-0.39, 0.29) is 0 Å². The zero-order chi connectivity index (χ0) is 21.9. The van der Waals surface area contributed by atoms with Crippen LogP contribution in [0.15, 0.2) is 36.4 Å². The van der Waals surface area contributed by atoms with E-state index in [2.05, 4.69) is 47.9 Å². The van der Waals surface area contributed by atoms with Crippen molar-refractivity contribution in [2.75, 3.05) is 36.0 Å². The van der Waals surface area contributed by atoms with Gasteiger partial charge in [-0.3, -0.25) is 9.59 Å². The predicted molar refractivity (Wildman–Crippen MR) is 127 cm³/mol. The Kier molecular flexibility index (Phi) is 9.59. The van der Waals surface area contributed by atoms with Gasteiger partial charge in [0.2, 0.25) is 0 Å². The molecule has 162 valence electrons. The number of aryl methyl sites for hydroxylation is 2. The average Bonchev–Trinajstić information content (AvgIpc) is 2.76. The summed E-state index contributed by atoms with van der Waals surface area (Å²) in [7, 11) is 0. The summed E-state index contributed by atoms with van der Waals surface area (Å²) in [5.74, 6) is 0. The van der Waals surface area contributed by atoms with Crippen LogP contribution in [0.2, 0.25) is 0 Å². The summed E-state index contributed by atoms with van der Waals surface area (Å²) in [5.41, 5.74) is 6.02. The second-order valence-corrected chi connectivity index (χ2v) is 7.89. The molecule has 2 aromatic rings. The molecule has 0 radical (unpaired) electrons. The third kappa shape index (κ3) is 6.45. The summed E-state index contributed by atoms with van der Waals surface area (Å²) >= 11 is 0. The maximum atomic E-state index is 11.0. The number of nitrogens with zero attached hydrogens (tertiary/aromatic N) is 2. The summed E-state index contributed by atoms with van der Waals surface area (Å²) in [4.78, 5) is 26.8. The fourth-order valence-electron chi connectivity index (χ4n) is 3.88. The number of carbonyl (C=O) groups is 2. The van der Waals surface area contributed by atoms with E-state index in [1.807, 2.05) is 26.0 Å². The SMILES string of the molecule is CCN(CCCCCCN(CC)c1ccc(C=O)c(C)c1)c1ccc(C=O)c(C)c1. The van der Waals surface area contributed by atoms with Gasteiger partial charge < -0.3 is 9.80 Å². The van der Waals surface area contributed by atoms with Crippen molar-refractivity contribution in [1.29, 1.82) is 0 Å². The Morgan fingerprint density at radius 2 is 1.07 bits per heavy atom. The molecule has 0 aliphatic heterocycles. The van der Waals surface area contributed by atoms with E-state index in [1.165, 1.54) is 37.1 Å². The van der Waals surface area contributed by atoms with Crippen LogP contribution in [-0.2, 0) is 0 Å². The minimum absolute atomic E-state index is 0.770. The number of benzene rings is 2. The van der Waals surface area contributed by atoms with Crippen LogP contribution in [0.1, 0.15) is 71.4 Å². The van der Waals surface area contributed by atoms with E-state index < -0.39 is 0 Å². The molecule has 0 bridgehead atoms. The Labute approximate surface area is 181 Å². The third-order valence-corrected chi connectivity index (χ3v) is 5.86. The van der Waals surface area contributed by atoms with Crippen molar-refractivity contribution in [3.63, 3.8) is 0 Å². The highest BCUT2D eigenvalue weighted by atomic mass is 16.1. The molecule has 0 N–H and O–H groups in total. The molecule has 0 aliphatic rings. The Balaban J connectivity index is 1.77. The standard InChI is InChI=1S/C26H36N2O2/c1-5-27(25-13-11-23(19-29)21(3)17-25)15-9-7-8-10-16-28(6-2)26-14-12-24(20-30)22(4)18-26/h11-14,17-20H,5-10,15-16H2,1-4H3. The molecule has 0 atom stereocenters. The molecule has 0 saturated heterocycles. The molecule has 4 heteroatoms. The second-order valence-electron chi connectivity index (χ2n) is 7.89. The Bertz CT molecular complexity index is 762. The van der Waals surface area contributed by atoms with E-state index in [0.29, 0.717) is 0 Å². The number of aldehydes is 2. The lowest BCUT2D eigenvalue weighted by Gasteiger charge is -2.25. The van der Waals surface area contributed by atoms with Crippen LogP contribution < -0.4 is 9.80 Å². The lowest BCUT2D eigenvalue weighted by atomic mass is 10.1. The van der Waals surface area contributed by atoms with Crippen LogP contribution >= 0.6 is 0 Å². The van der Waals surface area contributed by atoms with Crippen LogP contribution in [-0.4, -0.2) is 38.8 Å². The average molecular weight is 409 g/mol. The first-order valence-corrected chi connectivity index (χ1v) is 11.2. The first-order chi connectivity index (χ1) is 14.5. The largest absolute Gasteiger partial charge is 0.372 e. The summed E-state index contributed by atoms with van der Waals surface area (Å²) < 4.78 is 0. The summed E-state index contributed by atoms with van der Waals surface area (Å²) in [5, 5.41) is 0. The van der Waals surface area contributed by atoms with Gasteiger partial charge in [0.05, 0.1) is 0 Å². The third-order valence-electron chi connectivity index (χ3n) is 5.86. The van der Waals surface area contributed by atoms with Crippen molar-refractivity contribution in [3.05, 3.63) is 58.7 Å². The topological polar surface area (TPSA) is 40.6 Å². The van der Waals surface area contributed by atoms with Gasteiger partial charge in [0.1, 0.15) is 12.6 Å². The predicted octanol–water partition coefficient (Wildman–Crippen LogP) is 5.84. The molecule has 0 amide bonds. The number of carbonyl (C=O) groups excluding carboxylic acids is 2. The van der Waals surface area contributed by atoms with Crippen LogP contribution in [0.4, 0.5) is 11.4 Å². The lowest BCUT2D eigenvalue weighted by Crippen LogP contribution is -2.25. The van der Waals surface area contributed by atoms with E-state index in [1.54, 1.807) is 0 Å². The number of unbranched alkanes of at least 4 members (excludes halogenated alkanes) is 3. The number of rotatable bonds is 13. The van der Waals surface area contributed by atoms with E-state index in [0.717, 1.165) is 61.0 Å². The molecule has 0 spiro atoms. The quantitative estimate of drug-likeness (QED) is 0.308. The highest BCUT2D eigenvalue weighted by Gasteiger charge is 2.08. The first-order valence-electron chi connectivity index (χ1n) is 11.2. The number of hydrogen-bond donors (Lipinski definition) is 0. The highest BCUT2D eigenvalue weighted by molar-refractivity contribution is 5.79. The minimum Gasteiger partial charge on any atom is -0.372 e. The van der Waals surface area contributed by atoms with Crippen molar-refractivity contribution >= 4 is 23.9 Å². The lowest BCUT2D eigenvalue weighted by molar-refractivity contribution is 0.111. The van der Waals surface area contributed by atoms with Gasteiger partial charge in [-0.15, -0.1) is 0 Å². The zero-order valence-corrected chi connectivity index (χ0v) is 19.0. The fraction of sp³-hybridized carbons (Fsp3) is 0.462. The molecular weight excluding hydrogens is 372 g/mol. The van der Waals surface area contributed by atoms with Crippen molar-refractivity contribution in [2.24, 2.45) is 0 Å². The molecule has 0 fully saturated rings. The van der Waals surface area contributed by atoms with Crippen LogP contribution in [0.25, 0.3) is 0 Å². The molecular formula is C26H36N2O2. The van der Waals surface area contributed by atoms with Crippen molar-refractivity contribution in [1.82, 2.24) is 0 Å². The molecule has 0 heterocycles. The molecule has 0 aliphatic carbocycles. The molecule has 30 heavy (non-hydrogen) atoms. The van der Waals surface area contributed by atoms with Crippen LogP contribution in [0.3, 0.4) is 0 Å². The normalized spacial score (nSPS) is 10.7. The van der Waals surface area contributed by atoms with Gasteiger partial charge >= 0.3 is 0 Å². The molecule has 2 rings (SSSR count). The van der Waals surface area contributed by atoms with Gasteiger partial charge in [0, 0.05) is 48.7 Å². The zero-order valence-electron chi connectivity index (χ0n) is 19.0. The van der Waals surface area contributed by atoms with Crippen molar-refractivity contribution in [3.8, 4) is 0 Å². The van der Waals surface area contributed by atoms with Gasteiger partial charge in [-0.2, -0.15) is 0 Å². The number of hydrogen-bond acceptors (Lipinski definition) is 4. The van der Waals surface area contributed by atoms with Gasteiger partial charge in [-0.1, -0.05) is 12.8 Å². The Hall–Kier alpha value is -2.62. The Morgan fingerprint density at radius 3 is 1.37 bits per heavy atom. The van der Waals surface area contributed by atoms with Crippen molar-refractivity contribution in [2.45, 2.75) is 53.4 Å². The molecule has 4 nitrogen and oxygen atoms in total. The van der Waals surface area contributed by atoms with E-state index in [9.17, 15) is 9.59 Å². The molecule has 0 saturated carbocycles. The molecule has 2 aromatic carbocycles. The summed E-state index contributed by atoms with van der Waals surface area (Å²) in [6, 6.07) is 12.2. The van der Waals surface area contributed by atoms with Gasteiger partial charge in [-0.05, 0) is 88.1 Å². The van der Waals surface area contributed by atoms with Gasteiger partial charge in [-0.25, -0.2) is 0 Å². The van der Waals surface area contributed by atoms with Gasteiger partial charge in [0.15, 0.2) is 0 Å². The van der Waals surface area contributed by atoms with Crippen molar-refractivity contribution < 1.29 is 9.59 Å². The van der Waals surface area contributed by atoms with Crippen LogP contribution in [0, 0.1) is 13.8 Å². The van der Waals surface area contributed by atoms with E-state index >= 15 is 0 Å². The molecule has 0 aromatic heterocycles. The summed E-state index contributed by atoms with van der Waals surface area (Å²) in [6.07, 6.45) is 6.61. The molecule has 0 unspecified atom stereocenters. The smallest absolute Gasteiger partial charge is 0.150 e. The first kappa shape index (κ1) is 23.7. The monoisotopic (exact) mass is 408 g/mol. The minimum atomic E-state index is 0.770. The Morgan fingerprint density at radius 1 is 0.667 bits per heavy atom. The van der Waals surface area contributed by atoms with E-state index in [4.69, 9.17) is 0 Å². The van der Waals surface area contributed by atoms with Gasteiger partial charge in [0.25, 0.3) is 0 Å². The highest BCUT2D eigenvalue weighted by Crippen LogP contribution is 2.21. The summed E-state index contributed by atoms with van der Waals surface area (Å²) in [6.45, 7) is 12.4. The fourth-order valence-corrected chi connectivity index (χ4v) is 3.88. The van der Waals surface area contributed by atoms with Crippen LogP contribution in [0.5, 0.6) is 0 Å². The maximum absolute atomic E-state index is 11.0. The number of anilines is 2. The maximum Gasteiger partial charge on any atom is 0.150 e.